The van der Waals surface area contributed by atoms with E-state index in [1.807, 2.05) is 18.9 Å². The average Bonchev–Trinajstić information content (AvgIpc) is 2.74. The topological polar surface area (TPSA) is 59.5 Å². The van der Waals surface area contributed by atoms with Gasteiger partial charge in [0, 0.05) is 19.1 Å². The number of carbonyl (C=O) groups excluding carboxylic acids is 1. The van der Waals surface area contributed by atoms with Crippen molar-refractivity contribution in [3.05, 3.63) is 23.7 Å². The highest BCUT2D eigenvalue weighted by molar-refractivity contribution is 5.95. The van der Waals surface area contributed by atoms with Crippen LogP contribution >= 0.6 is 12.4 Å². The summed E-state index contributed by atoms with van der Waals surface area (Å²) in [5.41, 5.74) is 6.54. The lowest BCUT2D eigenvalue weighted by Gasteiger charge is -2.33. The molecule has 102 valence electrons. The SMILES string of the molecule is Cc1occc1C(=O)N(C)C1CCC(N)CC1.Cl. The molecule has 1 aromatic rings. The van der Waals surface area contributed by atoms with Crippen molar-refractivity contribution >= 4 is 18.3 Å². The number of halogens is 1. The van der Waals surface area contributed by atoms with Gasteiger partial charge < -0.3 is 15.1 Å². The third-order valence-corrected chi connectivity index (χ3v) is 3.70. The van der Waals surface area contributed by atoms with Gasteiger partial charge in [0.25, 0.3) is 5.91 Å². The van der Waals surface area contributed by atoms with Crippen molar-refractivity contribution in [2.24, 2.45) is 5.73 Å². The Balaban J connectivity index is 0.00000162. The molecule has 1 amide bonds. The predicted octanol–water partition coefficient (Wildman–Crippen LogP) is 2.35. The molecule has 1 aliphatic carbocycles. The minimum absolute atomic E-state index is 0. The first-order chi connectivity index (χ1) is 8.09. The molecule has 1 aromatic heterocycles. The maximum Gasteiger partial charge on any atom is 0.257 e. The highest BCUT2D eigenvalue weighted by Gasteiger charge is 2.26. The van der Waals surface area contributed by atoms with E-state index in [9.17, 15) is 4.79 Å². The molecule has 0 spiro atoms. The van der Waals surface area contributed by atoms with Crippen LogP contribution in [0.15, 0.2) is 16.7 Å². The maximum absolute atomic E-state index is 12.2. The zero-order chi connectivity index (χ0) is 12.4. The smallest absolute Gasteiger partial charge is 0.257 e. The Labute approximate surface area is 114 Å². The predicted molar refractivity (Wildman–Crippen MR) is 73.0 cm³/mol. The van der Waals surface area contributed by atoms with Gasteiger partial charge >= 0.3 is 0 Å². The number of carbonyl (C=O) groups is 1. The Kier molecular flexibility index (Phi) is 5.23. The second kappa shape index (κ2) is 6.25. The minimum atomic E-state index is 0. The van der Waals surface area contributed by atoms with Crippen LogP contribution < -0.4 is 5.73 Å². The Hall–Kier alpha value is -1.00. The van der Waals surface area contributed by atoms with Crippen molar-refractivity contribution in [2.45, 2.75) is 44.7 Å². The lowest BCUT2D eigenvalue weighted by molar-refractivity contribution is 0.0688. The van der Waals surface area contributed by atoms with Crippen LogP contribution in [0.25, 0.3) is 0 Å². The van der Waals surface area contributed by atoms with Gasteiger partial charge in [0.05, 0.1) is 11.8 Å². The number of hydrogen-bond donors (Lipinski definition) is 1. The third kappa shape index (κ3) is 3.06. The quantitative estimate of drug-likeness (QED) is 0.899. The fourth-order valence-corrected chi connectivity index (χ4v) is 2.45. The number of aryl methyl sites for hydroxylation is 1. The highest BCUT2D eigenvalue weighted by Crippen LogP contribution is 2.23. The molecular formula is C13H21ClN2O2. The first kappa shape index (κ1) is 15.1. The number of amides is 1. The Bertz CT molecular complexity index is 397. The van der Waals surface area contributed by atoms with Crippen molar-refractivity contribution in [2.75, 3.05) is 7.05 Å². The summed E-state index contributed by atoms with van der Waals surface area (Å²) in [6.45, 7) is 1.82. The van der Waals surface area contributed by atoms with E-state index in [1.165, 1.54) is 0 Å². The summed E-state index contributed by atoms with van der Waals surface area (Å²) in [6.07, 6.45) is 5.58. The second-order valence-corrected chi connectivity index (χ2v) is 4.88. The van der Waals surface area contributed by atoms with E-state index in [-0.39, 0.29) is 18.3 Å². The molecule has 4 nitrogen and oxygen atoms in total. The van der Waals surface area contributed by atoms with Crippen molar-refractivity contribution in [1.82, 2.24) is 4.90 Å². The van der Waals surface area contributed by atoms with Crippen molar-refractivity contribution in [1.29, 1.82) is 0 Å². The van der Waals surface area contributed by atoms with Crippen molar-refractivity contribution in [3.63, 3.8) is 0 Å². The normalized spacial score (nSPS) is 23.3. The van der Waals surface area contributed by atoms with Crippen LogP contribution in [0, 0.1) is 6.92 Å². The molecule has 2 N–H and O–H groups in total. The zero-order valence-corrected chi connectivity index (χ0v) is 11.7. The summed E-state index contributed by atoms with van der Waals surface area (Å²) in [4.78, 5) is 14.1. The van der Waals surface area contributed by atoms with Crippen LogP contribution in [0.4, 0.5) is 0 Å². The standard InChI is InChI=1S/C13H20N2O2.ClH/c1-9-12(7-8-17-9)13(16)15(2)11-5-3-10(14)4-6-11;/h7-8,10-11H,3-6,14H2,1-2H3;1H. The molecule has 0 atom stereocenters. The summed E-state index contributed by atoms with van der Waals surface area (Å²) in [5, 5.41) is 0. The van der Waals surface area contributed by atoms with Gasteiger partial charge in [-0.25, -0.2) is 0 Å². The van der Waals surface area contributed by atoms with Gasteiger partial charge in [-0.3, -0.25) is 4.79 Å². The number of nitrogens with two attached hydrogens (primary N) is 1. The molecule has 1 heterocycles. The van der Waals surface area contributed by atoms with E-state index >= 15 is 0 Å². The number of hydrogen-bond acceptors (Lipinski definition) is 3. The molecule has 0 unspecified atom stereocenters. The molecule has 0 radical (unpaired) electrons. The molecule has 0 bridgehead atoms. The molecule has 1 aliphatic rings. The first-order valence-corrected chi connectivity index (χ1v) is 6.16. The van der Waals surface area contributed by atoms with Crippen LogP contribution in [0.3, 0.4) is 0 Å². The van der Waals surface area contributed by atoms with Gasteiger partial charge in [-0.2, -0.15) is 0 Å². The van der Waals surface area contributed by atoms with Gasteiger partial charge in [0.1, 0.15) is 5.76 Å². The molecule has 0 aliphatic heterocycles. The first-order valence-electron chi connectivity index (χ1n) is 6.16. The third-order valence-electron chi connectivity index (χ3n) is 3.70. The Morgan fingerprint density at radius 3 is 2.50 bits per heavy atom. The summed E-state index contributed by atoms with van der Waals surface area (Å²) >= 11 is 0. The van der Waals surface area contributed by atoms with Crippen molar-refractivity contribution in [3.8, 4) is 0 Å². The summed E-state index contributed by atoms with van der Waals surface area (Å²) in [7, 11) is 1.87. The average molecular weight is 273 g/mol. The lowest BCUT2D eigenvalue weighted by atomic mass is 9.91. The number of rotatable bonds is 2. The van der Waals surface area contributed by atoms with Gasteiger partial charge in [-0.05, 0) is 38.7 Å². The summed E-state index contributed by atoms with van der Waals surface area (Å²) < 4.78 is 5.17. The fraction of sp³-hybridized carbons (Fsp3) is 0.615. The number of nitrogens with zero attached hydrogens (tertiary/aromatic N) is 1. The van der Waals surface area contributed by atoms with Gasteiger partial charge in [-0.15, -0.1) is 12.4 Å². The van der Waals surface area contributed by atoms with Crippen LogP contribution in [-0.2, 0) is 0 Å². The molecule has 18 heavy (non-hydrogen) atoms. The Morgan fingerprint density at radius 1 is 1.39 bits per heavy atom. The molecule has 2 rings (SSSR count). The molecule has 0 saturated heterocycles. The van der Waals surface area contributed by atoms with E-state index in [0.29, 0.717) is 23.4 Å². The van der Waals surface area contributed by atoms with E-state index in [2.05, 4.69) is 0 Å². The highest BCUT2D eigenvalue weighted by atomic mass is 35.5. The van der Waals surface area contributed by atoms with E-state index in [4.69, 9.17) is 10.2 Å². The molecule has 5 heteroatoms. The minimum Gasteiger partial charge on any atom is -0.469 e. The van der Waals surface area contributed by atoms with E-state index in [1.54, 1.807) is 12.3 Å². The van der Waals surface area contributed by atoms with Crippen LogP contribution in [-0.4, -0.2) is 29.9 Å². The molecule has 1 saturated carbocycles. The molecular weight excluding hydrogens is 252 g/mol. The van der Waals surface area contributed by atoms with E-state index in [0.717, 1.165) is 25.7 Å². The number of furan rings is 1. The van der Waals surface area contributed by atoms with Gasteiger partial charge in [0.15, 0.2) is 0 Å². The monoisotopic (exact) mass is 272 g/mol. The van der Waals surface area contributed by atoms with Crippen molar-refractivity contribution < 1.29 is 9.21 Å². The largest absolute Gasteiger partial charge is 0.469 e. The van der Waals surface area contributed by atoms with Gasteiger partial charge in [0.2, 0.25) is 0 Å². The van der Waals surface area contributed by atoms with Crippen LogP contribution in [0.2, 0.25) is 0 Å². The lowest BCUT2D eigenvalue weighted by Crippen LogP contribution is -2.41. The van der Waals surface area contributed by atoms with Crippen LogP contribution in [0.1, 0.15) is 41.8 Å². The summed E-state index contributed by atoms with van der Waals surface area (Å²) in [6, 6.07) is 2.37. The van der Waals surface area contributed by atoms with Gasteiger partial charge in [-0.1, -0.05) is 0 Å². The fourth-order valence-electron chi connectivity index (χ4n) is 2.45. The second-order valence-electron chi connectivity index (χ2n) is 4.88. The molecule has 0 aromatic carbocycles. The van der Waals surface area contributed by atoms with Crippen LogP contribution in [0.5, 0.6) is 0 Å². The zero-order valence-electron chi connectivity index (χ0n) is 10.9. The molecule has 1 fully saturated rings. The summed E-state index contributed by atoms with van der Waals surface area (Å²) in [5.74, 6) is 0.742. The maximum atomic E-state index is 12.2. The van der Waals surface area contributed by atoms with E-state index < -0.39 is 0 Å². The Morgan fingerprint density at radius 2 is 2.00 bits per heavy atom.